The van der Waals surface area contributed by atoms with Gasteiger partial charge in [0.25, 0.3) is 0 Å². The predicted octanol–water partition coefficient (Wildman–Crippen LogP) is 1.82. The first-order valence-corrected chi connectivity index (χ1v) is 7.30. The van der Waals surface area contributed by atoms with Crippen LogP contribution in [-0.4, -0.2) is 31.7 Å². The molecule has 2 rings (SSSR count). The SMILES string of the molecule is COC(=O)NCC(=O)N[C@@H]1CC[C@@H]2CCCC[C@@H]2C1. The van der Waals surface area contributed by atoms with Crippen molar-refractivity contribution in [1.29, 1.82) is 0 Å². The number of rotatable bonds is 3. The first-order chi connectivity index (χ1) is 9.19. The Hall–Kier alpha value is -1.26. The number of methoxy groups -OCH3 is 1. The Morgan fingerprint density at radius 2 is 1.84 bits per heavy atom. The second kappa shape index (κ2) is 6.78. The van der Waals surface area contributed by atoms with Crippen molar-refractivity contribution in [3.8, 4) is 0 Å². The summed E-state index contributed by atoms with van der Waals surface area (Å²) in [5.41, 5.74) is 0. The molecule has 0 spiro atoms. The Morgan fingerprint density at radius 1 is 1.11 bits per heavy atom. The molecule has 0 aromatic heterocycles. The van der Waals surface area contributed by atoms with Crippen LogP contribution in [0.25, 0.3) is 0 Å². The van der Waals surface area contributed by atoms with Crippen molar-refractivity contribution >= 4 is 12.0 Å². The van der Waals surface area contributed by atoms with Gasteiger partial charge in [-0.25, -0.2) is 4.79 Å². The third-order valence-corrected chi connectivity index (χ3v) is 4.48. The van der Waals surface area contributed by atoms with Crippen LogP contribution in [0.4, 0.5) is 4.79 Å². The number of nitrogens with one attached hydrogen (secondary N) is 2. The minimum atomic E-state index is -0.564. The quantitative estimate of drug-likeness (QED) is 0.820. The molecule has 2 aliphatic carbocycles. The molecule has 0 unspecified atom stereocenters. The van der Waals surface area contributed by atoms with E-state index in [0.29, 0.717) is 0 Å². The molecule has 2 saturated carbocycles. The Labute approximate surface area is 114 Å². The van der Waals surface area contributed by atoms with Crippen LogP contribution in [0.3, 0.4) is 0 Å². The number of fused-ring (bicyclic) bond motifs is 1. The lowest BCUT2D eigenvalue weighted by atomic mass is 9.69. The third-order valence-electron chi connectivity index (χ3n) is 4.48. The minimum absolute atomic E-state index is 0.00271. The average molecular weight is 268 g/mol. The summed E-state index contributed by atoms with van der Waals surface area (Å²) in [6.07, 6.45) is 8.26. The Balaban J connectivity index is 1.71. The van der Waals surface area contributed by atoms with E-state index in [1.807, 2.05) is 0 Å². The molecule has 19 heavy (non-hydrogen) atoms. The molecule has 0 radical (unpaired) electrons. The van der Waals surface area contributed by atoms with Gasteiger partial charge in [-0.2, -0.15) is 0 Å². The number of alkyl carbamates (subject to hydrolysis) is 1. The van der Waals surface area contributed by atoms with E-state index in [1.165, 1.54) is 39.2 Å². The molecule has 108 valence electrons. The molecule has 0 heterocycles. The maximum atomic E-state index is 11.7. The molecule has 3 atom stereocenters. The Morgan fingerprint density at radius 3 is 2.58 bits per heavy atom. The van der Waals surface area contributed by atoms with E-state index in [9.17, 15) is 9.59 Å². The monoisotopic (exact) mass is 268 g/mol. The van der Waals surface area contributed by atoms with Crippen LogP contribution in [0.2, 0.25) is 0 Å². The van der Waals surface area contributed by atoms with E-state index >= 15 is 0 Å². The maximum absolute atomic E-state index is 11.7. The van der Waals surface area contributed by atoms with Gasteiger partial charge in [0, 0.05) is 6.04 Å². The highest BCUT2D eigenvalue weighted by Gasteiger charge is 2.32. The molecule has 0 aromatic carbocycles. The van der Waals surface area contributed by atoms with Gasteiger partial charge < -0.3 is 15.4 Å². The molecule has 0 aliphatic heterocycles. The van der Waals surface area contributed by atoms with E-state index in [-0.39, 0.29) is 18.5 Å². The smallest absolute Gasteiger partial charge is 0.407 e. The topological polar surface area (TPSA) is 67.4 Å². The summed E-state index contributed by atoms with van der Waals surface area (Å²) < 4.78 is 4.43. The molecule has 2 aliphatic rings. The van der Waals surface area contributed by atoms with Gasteiger partial charge in [0.15, 0.2) is 0 Å². The van der Waals surface area contributed by atoms with Crippen molar-refractivity contribution in [2.24, 2.45) is 11.8 Å². The van der Waals surface area contributed by atoms with E-state index in [4.69, 9.17) is 0 Å². The average Bonchev–Trinajstić information content (AvgIpc) is 2.44. The molecule has 2 fully saturated rings. The van der Waals surface area contributed by atoms with Crippen LogP contribution in [0.5, 0.6) is 0 Å². The lowest BCUT2D eigenvalue weighted by Crippen LogP contribution is -2.45. The predicted molar refractivity (Wildman–Crippen MR) is 71.6 cm³/mol. The zero-order chi connectivity index (χ0) is 13.7. The van der Waals surface area contributed by atoms with Gasteiger partial charge in [0.1, 0.15) is 6.54 Å². The van der Waals surface area contributed by atoms with E-state index in [2.05, 4.69) is 15.4 Å². The van der Waals surface area contributed by atoms with Crippen molar-refractivity contribution in [2.75, 3.05) is 13.7 Å². The lowest BCUT2D eigenvalue weighted by molar-refractivity contribution is -0.121. The summed E-state index contributed by atoms with van der Waals surface area (Å²) in [5, 5.41) is 5.43. The molecule has 0 bridgehead atoms. The van der Waals surface area contributed by atoms with Crippen molar-refractivity contribution in [3.63, 3.8) is 0 Å². The number of amides is 2. The molecule has 0 saturated heterocycles. The van der Waals surface area contributed by atoms with Gasteiger partial charge in [0.05, 0.1) is 7.11 Å². The number of carbonyl (C=O) groups is 2. The third kappa shape index (κ3) is 4.11. The summed E-state index contributed by atoms with van der Waals surface area (Å²) in [7, 11) is 1.29. The number of ether oxygens (including phenoxy) is 1. The van der Waals surface area contributed by atoms with Gasteiger partial charge in [-0.05, 0) is 31.1 Å². The molecular formula is C14H24N2O3. The van der Waals surface area contributed by atoms with Gasteiger partial charge in [-0.1, -0.05) is 25.7 Å². The van der Waals surface area contributed by atoms with Crippen molar-refractivity contribution in [3.05, 3.63) is 0 Å². The van der Waals surface area contributed by atoms with Gasteiger partial charge in [0.2, 0.25) is 5.91 Å². The van der Waals surface area contributed by atoms with Crippen molar-refractivity contribution in [2.45, 2.75) is 51.0 Å². The summed E-state index contributed by atoms with van der Waals surface area (Å²) >= 11 is 0. The van der Waals surface area contributed by atoms with Crippen LogP contribution in [0.1, 0.15) is 44.9 Å². The zero-order valence-electron chi connectivity index (χ0n) is 11.6. The minimum Gasteiger partial charge on any atom is -0.453 e. The molecule has 0 aromatic rings. The van der Waals surface area contributed by atoms with E-state index in [1.54, 1.807) is 0 Å². The van der Waals surface area contributed by atoms with Crippen LogP contribution >= 0.6 is 0 Å². The van der Waals surface area contributed by atoms with Crippen LogP contribution in [0, 0.1) is 11.8 Å². The fourth-order valence-corrected chi connectivity index (χ4v) is 3.51. The van der Waals surface area contributed by atoms with E-state index < -0.39 is 6.09 Å². The number of hydrogen-bond acceptors (Lipinski definition) is 3. The molecule has 5 heteroatoms. The molecule has 2 amide bonds. The highest BCUT2D eigenvalue weighted by atomic mass is 16.5. The molecular weight excluding hydrogens is 244 g/mol. The van der Waals surface area contributed by atoms with Crippen LogP contribution in [-0.2, 0) is 9.53 Å². The summed E-state index contributed by atoms with van der Waals surface area (Å²) in [6, 6.07) is 0.284. The van der Waals surface area contributed by atoms with Crippen molar-refractivity contribution < 1.29 is 14.3 Å². The summed E-state index contributed by atoms with van der Waals surface area (Å²) in [5.74, 6) is 1.56. The number of carbonyl (C=O) groups excluding carboxylic acids is 2. The van der Waals surface area contributed by atoms with Gasteiger partial charge in [-0.3, -0.25) is 4.79 Å². The van der Waals surface area contributed by atoms with Crippen LogP contribution in [0.15, 0.2) is 0 Å². The highest BCUT2D eigenvalue weighted by Crippen LogP contribution is 2.40. The van der Waals surface area contributed by atoms with Crippen molar-refractivity contribution in [1.82, 2.24) is 10.6 Å². The first kappa shape index (κ1) is 14.2. The summed E-state index contributed by atoms with van der Waals surface area (Å²) in [4.78, 5) is 22.6. The highest BCUT2D eigenvalue weighted by molar-refractivity contribution is 5.82. The normalized spacial score (nSPS) is 30.1. The van der Waals surface area contributed by atoms with Gasteiger partial charge >= 0.3 is 6.09 Å². The van der Waals surface area contributed by atoms with Gasteiger partial charge in [-0.15, -0.1) is 0 Å². The number of hydrogen-bond donors (Lipinski definition) is 2. The summed E-state index contributed by atoms with van der Waals surface area (Å²) in [6.45, 7) is -0.00271. The first-order valence-electron chi connectivity index (χ1n) is 7.30. The lowest BCUT2D eigenvalue weighted by Gasteiger charge is -2.39. The second-order valence-corrected chi connectivity index (χ2v) is 5.73. The second-order valence-electron chi connectivity index (χ2n) is 5.73. The fraction of sp³-hybridized carbons (Fsp3) is 0.857. The maximum Gasteiger partial charge on any atom is 0.407 e. The van der Waals surface area contributed by atoms with Crippen LogP contribution < -0.4 is 10.6 Å². The van der Waals surface area contributed by atoms with E-state index in [0.717, 1.165) is 24.7 Å². The molecule has 2 N–H and O–H groups in total. The Bertz CT molecular complexity index is 333. The Kier molecular flexibility index (Phi) is 5.05. The zero-order valence-corrected chi connectivity index (χ0v) is 11.6. The molecule has 5 nitrogen and oxygen atoms in total. The standard InChI is InChI=1S/C14H24N2O3/c1-19-14(18)15-9-13(17)16-12-7-6-10-4-2-3-5-11(10)8-12/h10-12H,2-9H2,1H3,(H,15,18)(H,16,17)/t10-,11+,12+/m0/s1. The fourth-order valence-electron chi connectivity index (χ4n) is 3.51. The largest absolute Gasteiger partial charge is 0.453 e.